The van der Waals surface area contributed by atoms with Crippen molar-refractivity contribution in [2.75, 3.05) is 59.4 Å². The number of carbonyl (C=O) groups excluding carboxylic acids is 3. The van der Waals surface area contributed by atoms with Crippen LogP contribution < -0.4 is 68.1 Å². The number of nitrogens with one attached hydrogen (secondary N) is 7. The molecule has 0 saturated carbocycles. The molecule has 3 amide bonds. The number of benzene rings is 4. The summed E-state index contributed by atoms with van der Waals surface area (Å²) in [7, 11) is -13.1. The molecule has 0 aliphatic carbocycles. The minimum atomic E-state index is -4.42. The molecule has 41 nitrogen and oxygen atoms in total. The average molecular weight is 1530 g/mol. The van der Waals surface area contributed by atoms with E-state index in [0.29, 0.717) is 39.4 Å². The van der Waals surface area contributed by atoms with Gasteiger partial charge in [0.25, 0.3) is 17.7 Å². The molecule has 12 atom stereocenters. The van der Waals surface area contributed by atoms with E-state index < -0.39 is 147 Å². The van der Waals surface area contributed by atoms with Crippen LogP contribution in [0.1, 0.15) is 49.8 Å². The number of nitrogens with two attached hydrogens (primary N) is 6. The molecule has 46 heteroatoms. The van der Waals surface area contributed by atoms with Crippen molar-refractivity contribution < 1.29 is 88.9 Å². The van der Waals surface area contributed by atoms with E-state index in [-0.39, 0.29) is 61.7 Å². The molecular weight excluding hydrogens is 1470 g/mol. The Morgan fingerprint density at radius 3 is 1.34 bits per heavy atom. The van der Waals surface area contributed by atoms with Gasteiger partial charge in [0.15, 0.2) is 41.4 Å². The van der Waals surface area contributed by atoms with Crippen molar-refractivity contribution >= 4 is 139 Å². The number of halogens is 2. The van der Waals surface area contributed by atoms with Gasteiger partial charge >= 0.3 is 30.6 Å². The standard InChI is InChI=1S/C23H25N9O6S.C18H20ClN7O6S.C18H20FN7O6S/c24-14-9-5-4-8-13(14)21(35)31-39(36,37)27-10-15-17(33)18(34)22(38-15)32-11-26-16-19(25)29-23(30-20(16)32)28-12-6-2-1-3-7-12;19-8-1-2-10(20)9(5-8)17(29)25-33(30,31)24-6-12-14(27)15(28)18(32-12)26-7-23-13-11(21)3-4-22-16(13)26;19-8-1-2-9(11(21)5-8)17(29)25-33(30,31)24-6-12-14(27)15(28)18(32-12)26-7-23-13-10(20)3-4-22-16(13)26/h1-9,11,15,17-18,22,27,33-34H,10,24H2,(H,31,35)(H3,25,28,29,30);1-5,7,12,14-15,18,24,27-28H,6,20H2,(H2,21,22)(H,25,29);1-5,7,12,14-15,18,24,27-28H,6,21H2,(H2,20,22)(H,25,29)/t15-,17-,18-,22-;2*12-,14-,15-,18-/m111/s1. The molecule has 10 aromatic rings. The van der Waals surface area contributed by atoms with E-state index >= 15 is 0 Å². The maximum Gasteiger partial charge on any atom is 0.301 e. The number of aliphatic hydroxyl groups excluding tert-OH is 6. The fourth-order valence-electron chi connectivity index (χ4n) is 10.9. The summed E-state index contributed by atoms with van der Waals surface area (Å²) < 4.78 is 120. The Balaban J connectivity index is 0.000000158. The zero-order valence-corrected chi connectivity index (χ0v) is 57.0. The van der Waals surface area contributed by atoms with Crippen molar-refractivity contribution in [3.8, 4) is 0 Å². The van der Waals surface area contributed by atoms with E-state index in [1.54, 1.807) is 27.6 Å². The first-order valence-corrected chi connectivity index (χ1v) is 35.5. The summed E-state index contributed by atoms with van der Waals surface area (Å²) in [6, 6.07) is 25.1. The second-order valence-electron chi connectivity index (χ2n) is 23.2. The lowest BCUT2D eigenvalue weighted by atomic mass is 10.1. The molecule has 3 aliphatic heterocycles. The molecule has 556 valence electrons. The van der Waals surface area contributed by atoms with Gasteiger partial charge in [-0.25, -0.2) is 43.5 Å². The second kappa shape index (κ2) is 30.9. The van der Waals surface area contributed by atoms with Gasteiger partial charge in [0.1, 0.15) is 77.3 Å². The highest BCUT2D eigenvalue weighted by Crippen LogP contribution is 2.36. The van der Waals surface area contributed by atoms with E-state index in [1.165, 1.54) is 81.5 Å². The van der Waals surface area contributed by atoms with Crippen LogP contribution in [0.4, 0.5) is 50.3 Å². The number of imidazole rings is 3. The molecule has 13 rings (SSSR count). The number of para-hydroxylation sites is 2. The highest BCUT2D eigenvalue weighted by molar-refractivity contribution is 7.88. The van der Waals surface area contributed by atoms with Gasteiger partial charge in [0, 0.05) is 59.8 Å². The molecular formula is C59H65ClFN23O18S3. The molecule has 0 unspecified atom stereocenters. The van der Waals surface area contributed by atoms with Crippen LogP contribution in [0.5, 0.6) is 0 Å². The van der Waals surface area contributed by atoms with E-state index in [4.69, 9.17) is 60.2 Å². The number of nitrogen functional groups attached to an aromatic ring is 6. The van der Waals surface area contributed by atoms with Gasteiger partial charge in [-0.3, -0.25) is 28.1 Å². The smallest absolute Gasteiger partial charge is 0.301 e. The Hall–Kier alpha value is -10.7. The number of rotatable bonds is 20. The van der Waals surface area contributed by atoms with Crippen LogP contribution in [0.2, 0.25) is 5.02 Å². The number of fused-ring (bicyclic) bond motifs is 3. The lowest BCUT2D eigenvalue weighted by molar-refractivity contribution is -0.0330. The normalized spacial score (nSPS) is 22.4. The monoisotopic (exact) mass is 1530 g/mol. The van der Waals surface area contributed by atoms with Gasteiger partial charge in [0.05, 0.1) is 47.0 Å². The number of anilines is 8. The van der Waals surface area contributed by atoms with Crippen molar-refractivity contribution in [1.82, 2.24) is 76.9 Å². The molecule has 6 aromatic heterocycles. The predicted octanol–water partition coefficient (Wildman–Crippen LogP) is -2.63. The van der Waals surface area contributed by atoms with Crippen LogP contribution in [0, 0.1) is 5.82 Å². The van der Waals surface area contributed by atoms with Crippen LogP contribution in [0.3, 0.4) is 0 Å². The molecule has 9 heterocycles. The SMILES string of the molecule is Nc1cc(F)ccc1C(=O)NS(=O)(=O)NC[C@H]1O[C@@H](n2cnc3c(N)ccnc32)[C@H](O)[C@@H]1O.Nc1ccc(Cl)cc1C(=O)NS(=O)(=O)NC[C@H]1O[C@@H](n2cnc3c(N)ccnc32)[C@H](O)[C@@H]1O.Nc1ccccc1C(=O)NS(=O)(=O)NC[C@H]1O[C@@H](n2cnc3c(N)nc(Nc4ccccc4)nc32)[C@H](O)[C@@H]1O. The summed E-state index contributed by atoms with van der Waals surface area (Å²) in [5.74, 6) is -3.46. The largest absolute Gasteiger partial charge is 0.398 e. The van der Waals surface area contributed by atoms with E-state index in [1.807, 2.05) is 35.1 Å². The van der Waals surface area contributed by atoms with Crippen LogP contribution in [-0.4, -0.2) is 197 Å². The fraction of sp³-hybridized carbons (Fsp3) is 0.254. The number of ether oxygens (including phenoxy) is 3. The maximum absolute atomic E-state index is 13.1. The summed E-state index contributed by atoms with van der Waals surface area (Å²) in [4.78, 5) is 66.2. The molecule has 0 radical (unpaired) electrons. The first-order valence-electron chi connectivity index (χ1n) is 30.7. The zero-order valence-electron chi connectivity index (χ0n) is 53.8. The number of amides is 3. The Kier molecular flexibility index (Phi) is 22.2. The zero-order chi connectivity index (χ0) is 75.6. The Morgan fingerprint density at radius 2 is 0.876 bits per heavy atom. The van der Waals surface area contributed by atoms with Crippen molar-refractivity contribution in [2.24, 2.45) is 0 Å². The van der Waals surface area contributed by atoms with Crippen LogP contribution >= 0.6 is 11.6 Å². The third-order valence-corrected chi connectivity index (χ3v) is 19.4. The number of carbonyl (C=O) groups is 3. The molecule has 3 aliphatic rings. The maximum atomic E-state index is 13.1. The Morgan fingerprint density at radius 1 is 0.457 bits per heavy atom. The van der Waals surface area contributed by atoms with E-state index in [2.05, 4.69) is 54.4 Å². The molecule has 4 aromatic carbocycles. The van der Waals surface area contributed by atoms with Crippen molar-refractivity contribution in [3.63, 3.8) is 0 Å². The number of aliphatic hydroxyl groups is 6. The molecule has 0 spiro atoms. The lowest BCUT2D eigenvalue weighted by Crippen LogP contribution is -2.45. The quantitative estimate of drug-likeness (QED) is 0.0347. The van der Waals surface area contributed by atoms with E-state index in [0.717, 1.165) is 18.2 Å². The molecule has 3 fully saturated rings. The topological polar surface area (TPSA) is 648 Å². The third-order valence-electron chi connectivity index (χ3n) is 16.1. The fourth-order valence-corrected chi connectivity index (χ4v) is 13.5. The Labute approximate surface area is 597 Å². The summed E-state index contributed by atoms with van der Waals surface area (Å²) in [5, 5.41) is 66.1. The minimum Gasteiger partial charge on any atom is -0.398 e. The number of hydrogen-bond acceptors (Lipinski definition) is 32. The molecule has 105 heavy (non-hydrogen) atoms. The van der Waals surface area contributed by atoms with Crippen LogP contribution in [-0.2, 0) is 44.8 Å². The number of nitrogens with zero attached hydrogens (tertiary/aromatic N) is 10. The van der Waals surface area contributed by atoms with Gasteiger partial charge in [-0.2, -0.15) is 49.4 Å². The predicted molar refractivity (Wildman–Crippen MR) is 372 cm³/mol. The first kappa shape index (κ1) is 75.4. The van der Waals surface area contributed by atoms with Gasteiger partial charge in [-0.1, -0.05) is 41.9 Å². The number of pyridine rings is 2. The molecule has 0 bridgehead atoms. The lowest BCUT2D eigenvalue weighted by Gasteiger charge is -2.17. The number of aromatic nitrogens is 10. The van der Waals surface area contributed by atoms with Crippen molar-refractivity contribution in [1.29, 1.82) is 0 Å². The molecule has 25 N–H and O–H groups in total. The van der Waals surface area contributed by atoms with Crippen molar-refractivity contribution in [3.05, 3.63) is 162 Å². The number of hydrogen-bond donors (Lipinski definition) is 19. The van der Waals surface area contributed by atoms with Gasteiger partial charge in [0.2, 0.25) is 5.95 Å². The highest BCUT2D eigenvalue weighted by Gasteiger charge is 2.47. The highest BCUT2D eigenvalue weighted by atomic mass is 35.5. The van der Waals surface area contributed by atoms with Gasteiger partial charge in [-0.15, -0.1) is 0 Å². The average Bonchev–Trinajstić information content (AvgIpc) is 1.64. The first-order chi connectivity index (χ1) is 49.8. The Bertz CT molecular complexity index is 5270. The van der Waals surface area contributed by atoms with Crippen molar-refractivity contribution in [2.45, 2.75) is 73.6 Å². The molecule has 3 saturated heterocycles. The summed E-state index contributed by atoms with van der Waals surface area (Å²) >= 11 is 5.82. The third kappa shape index (κ3) is 16.9. The van der Waals surface area contributed by atoms with E-state index in [9.17, 15) is 74.7 Å². The summed E-state index contributed by atoms with van der Waals surface area (Å²) in [6.45, 7) is -1.41. The van der Waals surface area contributed by atoms with Crippen LogP contribution in [0.15, 0.2) is 135 Å². The second-order valence-corrected chi connectivity index (χ2v) is 28.2. The van der Waals surface area contributed by atoms with Gasteiger partial charge in [-0.05, 0) is 72.8 Å². The summed E-state index contributed by atoms with van der Waals surface area (Å²) in [6.07, 6.45) is -8.77. The summed E-state index contributed by atoms with van der Waals surface area (Å²) in [5.41, 5.74) is 37.5. The minimum absolute atomic E-state index is 0.0233. The van der Waals surface area contributed by atoms with Crippen LogP contribution in [0.25, 0.3) is 33.5 Å². The van der Waals surface area contributed by atoms with Gasteiger partial charge < -0.3 is 84.6 Å².